The molecule has 2 aromatic rings. The Morgan fingerprint density at radius 2 is 1.79 bits per heavy atom. The van der Waals surface area contributed by atoms with Crippen LogP contribution in [0.4, 0.5) is 17.1 Å². The predicted octanol–water partition coefficient (Wildman–Crippen LogP) is 2.91. The molecule has 0 bridgehead atoms. The number of ether oxygens (including phenoxy) is 2. The minimum Gasteiger partial charge on any atom is -0.497 e. The predicted molar refractivity (Wildman–Crippen MR) is 114 cm³/mol. The number of benzene rings is 2. The summed E-state index contributed by atoms with van der Waals surface area (Å²) in [6.07, 6.45) is 0.197. The van der Waals surface area contributed by atoms with Crippen LogP contribution in [-0.4, -0.2) is 51.8 Å². The van der Waals surface area contributed by atoms with Gasteiger partial charge in [0.1, 0.15) is 5.75 Å². The van der Waals surface area contributed by atoms with Crippen molar-refractivity contribution >= 4 is 28.9 Å². The average Bonchev–Trinajstić information content (AvgIpc) is 2.75. The van der Waals surface area contributed by atoms with E-state index in [1.165, 1.54) is 6.92 Å². The van der Waals surface area contributed by atoms with E-state index in [1.54, 1.807) is 36.3 Å². The molecule has 1 heterocycles. The molecule has 29 heavy (non-hydrogen) atoms. The molecule has 0 spiro atoms. The Bertz CT molecular complexity index is 832. The smallest absolute Gasteiger partial charge is 0.226 e. The molecule has 1 aliphatic heterocycles. The number of nitrogens with one attached hydrogen (secondary N) is 1. The third-order valence-corrected chi connectivity index (χ3v) is 4.84. The van der Waals surface area contributed by atoms with Gasteiger partial charge in [0.05, 0.1) is 31.7 Å². The van der Waals surface area contributed by atoms with Crippen LogP contribution in [0.15, 0.2) is 48.5 Å². The monoisotopic (exact) mass is 397 g/mol. The Hall–Kier alpha value is -3.06. The molecular formula is C22H27N3O4. The quantitative estimate of drug-likeness (QED) is 0.778. The topological polar surface area (TPSA) is 71.1 Å². The first-order valence-corrected chi connectivity index (χ1v) is 9.72. The van der Waals surface area contributed by atoms with Crippen molar-refractivity contribution in [3.8, 4) is 5.75 Å². The summed E-state index contributed by atoms with van der Waals surface area (Å²) < 4.78 is 10.6. The van der Waals surface area contributed by atoms with E-state index in [9.17, 15) is 9.59 Å². The van der Waals surface area contributed by atoms with Gasteiger partial charge in [0.2, 0.25) is 11.8 Å². The molecule has 2 amide bonds. The van der Waals surface area contributed by atoms with Gasteiger partial charge in [-0.2, -0.15) is 0 Å². The van der Waals surface area contributed by atoms with Gasteiger partial charge in [-0.05, 0) is 36.4 Å². The summed E-state index contributed by atoms with van der Waals surface area (Å²) in [6, 6.07) is 14.9. The fraction of sp³-hybridized carbons (Fsp3) is 0.364. The zero-order valence-electron chi connectivity index (χ0n) is 16.9. The first-order chi connectivity index (χ1) is 14.1. The number of amides is 2. The summed E-state index contributed by atoms with van der Waals surface area (Å²) in [7, 11) is 1.60. The van der Waals surface area contributed by atoms with E-state index in [-0.39, 0.29) is 18.2 Å². The van der Waals surface area contributed by atoms with E-state index in [2.05, 4.69) is 10.2 Å². The normalized spacial score (nSPS) is 13.7. The van der Waals surface area contributed by atoms with Gasteiger partial charge in [-0.15, -0.1) is 0 Å². The van der Waals surface area contributed by atoms with E-state index < -0.39 is 0 Å². The van der Waals surface area contributed by atoms with E-state index in [0.29, 0.717) is 25.4 Å². The van der Waals surface area contributed by atoms with E-state index >= 15 is 0 Å². The molecule has 0 radical (unpaired) electrons. The second-order valence-electron chi connectivity index (χ2n) is 6.79. The molecule has 0 aliphatic carbocycles. The molecule has 1 fully saturated rings. The number of hydrogen-bond acceptors (Lipinski definition) is 5. The third-order valence-electron chi connectivity index (χ3n) is 4.84. The van der Waals surface area contributed by atoms with Crippen LogP contribution in [0.5, 0.6) is 5.75 Å². The Morgan fingerprint density at radius 1 is 1.10 bits per heavy atom. The fourth-order valence-corrected chi connectivity index (χ4v) is 3.32. The number of morpholine rings is 1. The molecule has 7 nitrogen and oxygen atoms in total. The number of anilines is 3. The minimum atomic E-state index is -0.148. The summed E-state index contributed by atoms with van der Waals surface area (Å²) in [5, 5.41) is 2.86. The minimum absolute atomic E-state index is 0.0945. The molecule has 7 heteroatoms. The molecule has 154 valence electrons. The maximum absolute atomic E-state index is 12.4. The van der Waals surface area contributed by atoms with E-state index in [0.717, 1.165) is 30.2 Å². The molecule has 2 aromatic carbocycles. The number of hydrogen-bond donors (Lipinski definition) is 1. The molecule has 0 aromatic heterocycles. The Labute approximate surface area is 171 Å². The molecular weight excluding hydrogens is 370 g/mol. The SMILES string of the molecule is COc1ccc(NC(=O)CCN(C(C)=O)c2ccccc2N2CCOCC2)cc1. The number of nitrogens with zero attached hydrogens (tertiary/aromatic N) is 2. The van der Waals surface area contributed by atoms with Crippen molar-refractivity contribution < 1.29 is 19.1 Å². The van der Waals surface area contributed by atoms with Crippen LogP contribution in [-0.2, 0) is 14.3 Å². The standard InChI is InChI=1S/C22H27N3O4/c1-17(26)25(12-11-22(27)23-18-7-9-19(28-2)10-8-18)21-6-4-3-5-20(21)24-13-15-29-16-14-24/h3-10H,11-16H2,1-2H3,(H,23,27). The molecule has 0 atom stereocenters. The number of carbonyl (C=O) groups is 2. The number of para-hydroxylation sites is 2. The van der Waals surface area contributed by atoms with Crippen molar-refractivity contribution in [3.63, 3.8) is 0 Å². The Morgan fingerprint density at radius 3 is 2.45 bits per heavy atom. The molecule has 1 saturated heterocycles. The van der Waals surface area contributed by atoms with Crippen molar-refractivity contribution in [2.45, 2.75) is 13.3 Å². The van der Waals surface area contributed by atoms with Gasteiger partial charge in [-0.1, -0.05) is 12.1 Å². The van der Waals surface area contributed by atoms with Crippen molar-refractivity contribution in [1.82, 2.24) is 0 Å². The van der Waals surface area contributed by atoms with Crippen molar-refractivity contribution in [1.29, 1.82) is 0 Å². The number of carbonyl (C=O) groups excluding carboxylic acids is 2. The second kappa shape index (κ2) is 9.93. The van der Waals surface area contributed by atoms with Crippen LogP contribution >= 0.6 is 0 Å². The van der Waals surface area contributed by atoms with Crippen LogP contribution in [0, 0.1) is 0 Å². The average molecular weight is 397 g/mol. The van der Waals surface area contributed by atoms with E-state index in [4.69, 9.17) is 9.47 Å². The van der Waals surface area contributed by atoms with Gasteiger partial charge < -0.3 is 24.6 Å². The first-order valence-electron chi connectivity index (χ1n) is 9.72. The van der Waals surface area contributed by atoms with Crippen LogP contribution in [0.1, 0.15) is 13.3 Å². The number of methoxy groups -OCH3 is 1. The summed E-state index contributed by atoms with van der Waals surface area (Å²) in [4.78, 5) is 28.6. The van der Waals surface area contributed by atoms with Crippen LogP contribution in [0.25, 0.3) is 0 Å². The lowest BCUT2D eigenvalue weighted by molar-refractivity contribution is -0.117. The van der Waals surface area contributed by atoms with Crippen molar-refractivity contribution in [3.05, 3.63) is 48.5 Å². The highest BCUT2D eigenvalue weighted by molar-refractivity contribution is 5.97. The maximum atomic E-state index is 12.4. The summed E-state index contributed by atoms with van der Waals surface area (Å²) in [5.74, 6) is 0.485. The molecule has 1 N–H and O–H groups in total. The molecule has 0 saturated carbocycles. The lowest BCUT2D eigenvalue weighted by Crippen LogP contribution is -2.39. The van der Waals surface area contributed by atoms with Gasteiger partial charge in [0.15, 0.2) is 0 Å². The highest BCUT2D eigenvalue weighted by Crippen LogP contribution is 2.30. The zero-order valence-corrected chi connectivity index (χ0v) is 16.9. The molecule has 1 aliphatic rings. The van der Waals surface area contributed by atoms with Gasteiger partial charge in [0.25, 0.3) is 0 Å². The van der Waals surface area contributed by atoms with Gasteiger partial charge in [-0.3, -0.25) is 9.59 Å². The number of rotatable bonds is 7. The molecule has 0 unspecified atom stereocenters. The first kappa shape index (κ1) is 20.7. The lowest BCUT2D eigenvalue weighted by atomic mass is 10.2. The van der Waals surface area contributed by atoms with Crippen molar-refractivity contribution in [2.75, 3.05) is 55.1 Å². The van der Waals surface area contributed by atoms with Crippen LogP contribution in [0.2, 0.25) is 0 Å². The zero-order chi connectivity index (χ0) is 20.6. The Kier molecular flexibility index (Phi) is 7.08. The lowest BCUT2D eigenvalue weighted by Gasteiger charge is -2.33. The fourth-order valence-electron chi connectivity index (χ4n) is 3.32. The van der Waals surface area contributed by atoms with E-state index in [1.807, 2.05) is 24.3 Å². The second-order valence-corrected chi connectivity index (χ2v) is 6.79. The third kappa shape index (κ3) is 5.48. The maximum Gasteiger partial charge on any atom is 0.226 e. The Balaban J connectivity index is 1.67. The summed E-state index contributed by atoms with van der Waals surface area (Å²) in [5.41, 5.74) is 2.50. The summed E-state index contributed by atoms with van der Waals surface area (Å²) in [6.45, 7) is 4.72. The largest absolute Gasteiger partial charge is 0.497 e. The van der Waals surface area contributed by atoms with Gasteiger partial charge in [0, 0.05) is 38.7 Å². The highest BCUT2D eigenvalue weighted by atomic mass is 16.5. The highest BCUT2D eigenvalue weighted by Gasteiger charge is 2.21. The molecule has 3 rings (SSSR count). The van der Waals surface area contributed by atoms with Crippen LogP contribution in [0.3, 0.4) is 0 Å². The summed E-state index contributed by atoms with van der Waals surface area (Å²) >= 11 is 0. The van der Waals surface area contributed by atoms with Crippen molar-refractivity contribution in [2.24, 2.45) is 0 Å². The van der Waals surface area contributed by atoms with Crippen LogP contribution < -0.4 is 19.9 Å². The van der Waals surface area contributed by atoms with Gasteiger partial charge >= 0.3 is 0 Å². The van der Waals surface area contributed by atoms with Gasteiger partial charge in [-0.25, -0.2) is 0 Å².